The zero-order valence-electron chi connectivity index (χ0n) is 10.2. The van der Waals surface area contributed by atoms with E-state index < -0.39 is 17.7 Å². The maximum absolute atomic E-state index is 12.7. The molecule has 0 aliphatic heterocycles. The second-order valence-electron chi connectivity index (χ2n) is 4.14. The second-order valence-corrected chi connectivity index (χ2v) is 4.14. The summed E-state index contributed by atoms with van der Waals surface area (Å²) in [6.07, 6.45) is -3.34. The summed E-state index contributed by atoms with van der Waals surface area (Å²) >= 11 is 0. The Morgan fingerprint density at radius 1 is 1.15 bits per heavy atom. The number of hydrogen-bond donors (Lipinski definition) is 0. The van der Waals surface area contributed by atoms with Gasteiger partial charge in [0.1, 0.15) is 5.82 Å². The SMILES string of the molecule is O=C(CCn1ccc(C(F)(F)F)n1)c1ccc(F)cc1. The zero-order chi connectivity index (χ0) is 14.8. The molecule has 0 aliphatic rings. The van der Waals surface area contributed by atoms with Gasteiger partial charge in [-0.3, -0.25) is 9.48 Å². The molecule has 0 unspecified atom stereocenters. The van der Waals surface area contributed by atoms with Gasteiger partial charge in [-0.1, -0.05) is 0 Å². The van der Waals surface area contributed by atoms with Crippen molar-refractivity contribution in [2.45, 2.75) is 19.1 Å². The van der Waals surface area contributed by atoms with Crippen molar-refractivity contribution in [3.05, 3.63) is 53.6 Å². The van der Waals surface area contributed by atoms with Crippen molar-refractivity contribution in [2.75, 3.05) is 0 Å². The number of aromatic nitrogens is 2. The summed E-state index contributed by atoms with van der Waals surface area (Å²) in [5, 5.41) is 3.34. The lowest BCUT2D eigenvalue weighted by atomic mass is 10.1. The van der Waals surface area contributed by atoms with E-state index in [1.165, 1.54) is 18.3 Å². The molecule has 3 nitrogen and oxygen atoms in total. The first-order valence-electron chi connectivity index (χ1n) is 5.76. The average Bonchev–Trinajstić information content (AvgIpc) is 2.85. The fraction of sp³-hybridized carbons (Fsp3) is 0.231. The summed E-state index contributed by atoms with van der Waals surface area (Å²) in [5.74, 6) is -0.738. The van der Waals surface area contributed by atoms with Crippen LogP contribution in [0.25, 0.3) is 0 Å². The summed E-state index contributed by atoms with van der Waals surface area (Å²) in [4.78, 5) is 11.7. The normalized spacial score (nSPS) is 11.6. The van der Waals surface area contributed by atoms with Crippen molar-refractivity contribution in [1.29, 1.82) is 0 Å². The van der Waals surface area contributed by atoms with E-state index in [0.717, 1.165) is 22.9 Å². The molecule has 0 N–H and O–H groups in total. The molecule has 1 aromatic heterocycles. The van der Waals surface area contributed by atoms with Gasteiger partial charge in [-0.05, 0) is 30.3 Å². The highest BCUT2D eigenvalue weighted by atomic mass is 19.4. The minimum atomic E-state index is -4.49. The van der Waals surface area contributed by atoms with Crippen molar-refractivity contribution in [2.24, 2.45) is 0 Å². The van der Waals surface area contributed by atoms with E-state index in [1.54, 1.807) is 0 Å². The third-order valence-corrected chi connectivity index (χ3v) is 2.67. The average molecular weight is 286 g/mol. The van der Waals surface area contributed by atoms with Crippen LogP contribution in [0.2, 0.25) is 0 Å². The summed E-state index contributed by atoms with van der Waals surface area (Å²) in [6, 6.07) is 5.83. The van der Waals surface area contributed by atoms with Crippen LogP contribution in [0.15, 0.2) is 36.5 Å². The van der Waals surface area contributed by atoms with Gasteiger partial charge in [-0.2, -0.15) is 18.3 Å². The zero-order valence-corrected chi connectivity index (χ0v) is 10.2. The van der Waals surface area contributed by atoms with Crippen LogP contribution in [-0.2, 0) is 12.7 Å². The molecule has 0 radical (unpaired) electrons. The maximum atomic E-state index is 12.7. The topological polar surface area (TPSA) is 34.9 Å². The van der Waals surface area contributed by atoms with Gasteiger partial charge in [0.25, 0.3) is 0 Å². The monoisotopic (exact) mass is 286 g/mol. The van der Waals surface area contributed by atoms with E-state index in [0.29, 0.717) is 5.56 Å². The summed E-state index contributed by atoms with van der Waals surface area (Å²) in [6.45, 7) is 0.0340. The van der Waals surface area contributed by atoms with Gasteiger partial charge in [0.05, 0.1) is 0 Å². The molecule has 7 heteroatoms. The smallest absolute Gasteiger partial charge is 0.294 e. The Balaban J connectivity index is 1.97. The molecule has 0 spiro atoms. The minimum absolute atomic E-state index is 0.00932. The Hall–Kier alpha value is -2.18. The van der Waals surface area contributed by atoms with Crippen LogP contribution in [0, 0.1) is 5.82 Å². The fourth-order valence-corrected chi connectivity index (χ4v) is 1.63. The Kier molecular flexibility index (Phi) is 3.87. The van der Waals surface area contributed by atoms with Crippen LogP contribution in [0.1, 0.15) is 22.5 Å². The van der Waals surface area contributed by atoms with Crippen LogP contribution >= 0.6 is 0 Å². The standard InChI is InChI=1S/C13H10F4N2O/c14-10-3-1-9(2-4-10)11(20)5-7-19-8-6-12(18-19)13(15,16)17/h1-4,6,8H,5,7H2. The highest BCUT2D eigenvalue weighted by Gasteiger charge is 2.33. The van der Waals surface area contributed by atoms with E-state index in [9.17, 15) is 22.4 Å². The van der Waals surface area contributed by atoms with Gasteiger partial charge in [-0.25, -0.2) is 4.39 Å². The lowest BCUT2D eigenvalue weighted by Crippen LogP contribution is -2.10. The van der Waals surface area contributed by atoms with Crippen LogP contribution in [-0.4, -0.2) is 15.6 Å². The summed E-state index contributed by atoms with van der Waals surface area (Å²) in [7, 11) is 0. The minimum Gasteiger partial charge on any atom is -0.294 e. The number of halogens is 4. The third-order valence-electron chi connectivity index (χ3n) is 2.67. The Bertz CT molecular complexity index is 602. The number of rotatable bonds is 4. The Morgan fingerprint density at radius 3 is 2.35 bits per heavy atom. The first kappa shape index (κ1) is 14.2. The number of hydrogen-bond acceptors (Lipinski definition) is 2. The van der Waals surface area contributed by atoms with Crippen LogP contribution in [0.3, 0.4) is 0 Å². The third kappa shape index (κ3) is 3.43. The molecule has 1 heterocycles. The van der Waals surface area contributed by atoms with Crippen LogP contribution < -0.4 is 0 Å². The molecule has 2 rings (SSSR count). The van der Waals surface area contributed by atoms with Crippen molar-refractivity contribution in [3.8, 4) is 0 Å². The van der Waals surface area contributed by atoms with Crippen molar-refractivity contribution in [1.82, 2.24) is 9.78 Å². The Morgan fingerprint density at radius 2 is 1.80 bits per heavy atom. The van der Waals surface area contributed by atoms with Gasteiger partial charge in [0, 0.05) is 24.7 Å². The van der Waals surface area contributed by atoms with Gasteiger partial charge >= 0.3 is 6.18 Å². The summed E-state index contributed by atoms with van der Waals surface area (Å²) < 4.78 is 50.7. The first-order valence-corrected chi connectivity index (χ1v) is 5.76. The molecule has 0 aliphatic carbocycles. The van der Waals surface area contributed by atoms with Gasteiger partial charge in [0.15, 0.2) is 11.5 Å². The highest BCUT2D eigenvalue weighted by Crippen LogP contribution is 2.27. The molecule has 1 aromatic carbocycles. The van der Waals surface area contributed by atoms with Gasteiger partial charge < -0.3 is 0 Å². The second kappa shape index (κ2) is 5.44. The van der Waals surface area contributed by atoms with E-state index in [1.807, 2.05) is 0 Å². The van der Waals surface area contributed by atoms with E-state index in [2.05, 4.69) is 5.10 Å². The van der Waals surface area contributed by atoms with Gasteiger partial charge in [0.2, 0.25) is 0 Å². The predicted molar refractivity (Wildman–Crippen MR) is 62.6 cm³/mol. The van der Waals surface area contributed by atoms with Crippen molar-refractivity contribution < 1.29 is 22.4 Å². The number of alkyl halides is 3. The van der Waals surface area contributed by atoms with E-state index in [-0.39, 0.29) is 18.7 Å². The summed E-state index contributed by atoms with van der Waals surface area (Å²) in [5.41, 5.74) is -0.679. The largest absolute Gasteiger partial charge is 0.435 e. The van der Waals surface area contributed by atoms with Gasteiger partial charge in [-0.15, -0.1) is 0 Å². The quantitative estimate of drug-likeness (QED) is 0.638. The highest BCUT2D eigenvalue weighted by molar-refractivity contribution is 5.95. The number of aryl methyl sites for hydroxylation is 1. The molecule has 0 atom stereocenters. The maximum Gasteiger partial charge on any atom is 0.435 e. The first-order chi connectivity index (χ1) is 9.36. The van der Waals surface area contributed by atoms with E-state index in [4.69, 9.17) is 0 Å². The van der Waals surface area contributed by atoms with Crippen molar-refractivity contribution in [3.63, 3.8) is 0 Å². The number of nitrogens with zero attached hydrogens (tertiary/aromatic N) is 2. The molecular formula is C13H10F4N2O. The molecule has 0 saturated carbocycles. The Labute approximate surface area is 111 Å². The fourth-order valence-electron chi connectivity index (χ4n) is 1.63. The molecule has 0 fully saturated rings. The molecule has 2 aromatic rings. The lowest BCUT2D eigenvalue weighted by molar-refractivity contribution is -0.141. The number of Topliss-reactive ketones (excluding diaryl/α,β-unsaturated/α-hetero) is 1. The molecular weight excluding hydrogens is 276 g/mol. The number of ketones is 1. The molecule has 106 valence electrons. The van der Waals surface area contributed by atoms with Crippen molar-refractivity contribution >= 4 is 5.78 Å². The lowest BCUT2D eigenvalue weighted by Gasteiger charge is -2.03. The molecule has 0 saturated heterocycles. The van der Waals surface area contributed by atoms with Crippen LogP contribution in [0.5, 0.6) is 0 Å². The number of carbonyl (C=O) groups is 1. The molecule has 20 heavy (non-hydrogen) atoms. The van der Waals surface area contributed by atoms with Crippen LogP contribution in [0.4, 0.5) is 17.6 Å². The number of benzene rings is 1. The predicted octanol–water partition coefficient (Wildman–Crippen LogP) is 3.31. The molecule has 0 amide bonds. The molecule has 0 bridgehead atoms. The van der Waals surface area contributed by atoms with E-state index >= 15 is 0 Å². The number of carbonyl (C=O) groups excluding carboxylic acids is 1.